The van der Waals surface area contributed by atoms with Crippen LogP contribution in [-0.4, -0.2) is 25.2 Å². The molecule has 0 saturated carbocycles. The molecule has 0 aromatic heterocycles. The van der Waals surface area contributed by atoms with E-state index in [1.807, 2.05) is 6.92 Å². The van der Waals surface area contributed by atoms with Crippen LogP contribution in [-0.2, 0) is 16.0 Å². The summed E-state index contributed by atoms with van der Waals surface area (Å²) >= 11 is 12.2. The maximum absolute atomic E-state index is 11.9. The van der Waals surface area contributed by atoms with Crippen LogP contribution in [0.2, 0.25) is 10.0 Å². The van der Waals surface area contributed by atoms with Gasteiger partial charge in [0.2, 0.25) is 0 Å². The van der Waals surface area contributed by atoms with Crippen molar-refractivity contribution >= 4 is 29.2 Å². The van der Waals surface area contributed by atoms with Crippen molar-refractivity contribution in [1.29, 1.82) is 0 Å². The van der Waals surface area contributed by atoms with E-state index >= 15 is 0 Å². The van der Waals surface area contributed by atoms with E-state index in [-0.39, 0.29) is 5.97 Å². The first kappa shape index (κ1) is 18.1. The van der Waals surface area contributed by atoms with Crippen LogP contribution in [0.4, 0.5) is 0 Å². The highest BCUT2D eigenvalue weighted by molar-refractivity contribution is 6.35. The number of hydrogen-bond acceptors (Lipinski definition) is 4. The van der Waals surface area contributed by atoms with Crippen LogP contribution in [0.25, 0.3) is 0 Å². The lowest BCUT2D eigenvalue weighted by Crippen LogP contribution is -2.30. The molecule has 1 unspecified atom stereocenters. The van der Waals surface area contributed by atoms with E-state index in [0.717, 1.165) is 12.0 Å². The summed E-state index contributed by atoms with van der Waals surface area (Å²) in [4.78, 5) is 11.9. The molecular weight excluding hydrogens is 313 g/mol. The van der Waals surface area contributed by atoms with Crippen molar-refractivity contribution in [3.63, 3.8) is 0 Å². The molecule has 1 aromatic rings. The van der Waals surface area contributed by atoms with Crippen LogP contribution in [0.3, 0.4) is 0 Å². The van der Waals surface area contributed by atoms with Gasteiger partial charge in [0.15, 0.2) is 6.10 Å². The van der Waals surface area contributed by atoms with Crippen LogP contribution in [0.1, 0.15) is 32.3 Å². The van der Waals surface area contributed by atoms with Crippen molar-refractivity contribution in [2.24, 2.45) is 5.73 Å². The molecule has 0 aliphatic rings. The van der Waals surface area contributed by atoms with Gasteiger partial charge in [0.25, 0.3) is 0 Å². The van der Waals surface area contributed by atoms with Crippen LogP contribution < -0.4 is 10.5 Å². The summed E-state index contributed by atoms with van der Waals surface area (Å²) < 4.78 is 10.9. The highest BCUT2D eigenvalue weighted by atomic mass is 35.5. The van der Waals surface area contributed by atoms with Gasteiger partial charge in [0.1, 0.15) is 5.75 Å². The second kappa shape index (κ2) is 9.13. The fraction of sp³-hybridized carbons (Fsp3) is 0.533. The SMILES string of the molecule is CCCC(Oc1c(Cl)cc(Cl)cc1CCN)C(=O)OCC. The second-order valence-corrected chi connectivity index (χ2v) is 5.41. The van der Waals surface area contributed by atoms with Crippen molar-refractivity contribution in [1.82, 2.24) is 0 Å². The minimum absolute atomic E-state index is 0.312. The largest absolute Gasteiger partial charge is 0.477 e. The Morgan fingerprint density at radius 1 is 1.33 bits per heavy atom. The van der Waals surface area contributed by atoms with Gasteiger partial charge in [-0.2, -0.15) is 0 Å². The molecule has 1 atom stereocenters. The van der Waals surface area contributed by atoms with Gasteiger partial charge in [0, 0.05) is 5.02 Å². The highest BCUT2D eigenvalue weighted by Gasteiger charge is 2.23. The number of benzene rings is 1. The van der Waals surface area contributed by atoms with Gasteiger partial charge in [-0.3, -0.25) is 0 Å². The summed E-state index contributed by atoms with van der Waals surface area (Å²) in [5, 5.41) is 0.885. The summed E-state index contributed by atoms with van der Waals surface area (Å²) in [7, 11) is 0. The van der Waals surface area contributed by atoms with E-state index in [4.69, 9.17) is 38.4 Å². The summed E-state index contributed by atoms with van der Waals surface area (Å²) in [6.45, 7) is 4.48. The molecule has 0 heterocycles. The third-order valence-electron chi connectivity index (χ3n) is 2.86. The zero-order valence-electron chi connectivity index (χ0n) is 12.3. The molecule has 0 spiro atoms. The molecule has 21 heavy (non-hydrogen) atoms. The Bertz CT molecular complexity index is 480. The van der Waals surface area contributed by atoms with E-state index < -0.39 is 6.10 Å². The number of esters is 1. The predicted molar refractivity (Wildman–Crippen MR) is 85.2 cm³/mol. The maximum atomic E-state index is 11.9. The molecule has 4 nitrogen and oxygen atoms in total. The molecule has 0 aliphatic carbocycles. The Labute approximate surface area is 135 Å². The molecule has 0 radical (unpaired) electrons. The predicted octanol–water partition coefficient (Wildman–Crippen LogP) is 3.61. The number of carbonyl (C=O) groups is 1. The monoisotopic (exact) mass is 333 g/mol. The van der Waals surface area contributed by atoms with Crippen molar-refractivity contribution in [2.75, 3.05) is 13.2 Å². The van der Waals surface area contributed by atoms with Gasteiger partial charge in [-0.25, -0.2) is 4.79 Å². The number of hydrogen-bond donors (Lipinski definition) is 1. The lowest BCUT2D eigenvalue weighted by Gasteiger charge is -2.20. The third kappa shape index (κ3) is 5.38. The zero-order valence-corrected chi connectivity index (χ0v) is 13.8. The van der Waals surface area contributed by atoms with E-state index in [1.165, 1.54) is 0 Å². The number of rotatable bonds is 8. The van der Waals surface area contributed by atoms with Gasteiger partial charge in [-0.05, 0) is 44.0 Å². The fourth-order valence-electron chi connectivity index (χ4n) is 1.95. The molecule has 0 bridgehead atoms. The van der Waals surface area contributed by atoms with Gasteiger partial charge in [0.05, 0.1) is 11.6 Å². The first-order chi connectivity index (χ1) is 10.0. The molecule has 2 N–H and O–H groups in total. The second-order valence-electron chi connectivity index (χ2n) is 4.56. The third-order valence-corrected chi connectivity index (χ3v) is 3.36. The minimum atomic E-state index is -0.676. The van der Waals surface area contributed by atoms with Gasteiger partial charge >= 0.3 is 5.97 Å². The Kier molecular flexibility index (Phi) is 7.86. The standard InChI is InChI=1S/C15H21Cl2NO3/c1-3-5-13(15(19)20-4-2)21-14-10(6-7-18)8-11(16)9-12(14)17/h8-9,13H,3-7,18H2,1-2H3. The lowest BCUT2D eigenvalue weighted by atomic mass is 10.1. The number of carbonyl (C=O) groups excluding carboxylic acids is 1. The molecular formula is C15H21Cl2NO3. The van der Waals surface area contributed by atoms with Crippen LogP contribution >= 0.6 is 23.2 Å². The van der Waals surface area contributed by atoms with Gasteiger partial charge in [-0.1, -0.05) is 36.5 Å². The molecule has 0 aliphatic heterocycles. The smallest absolute Gasteiger partial charge is 0.347 e. The van der Waals surface area contributed by atoms with Gasteiger partial charge in [-0.15, -0.1) is 0 Å². The van der Waals surface area contributed by atoms with E-state index in [9.17, 15) is 4.79 Å². The Morgan fingerprint density at radius 3 is 2.62 bits per heavy atom. The molecule has 0 amide bonds. The molecule has 1 rings (SSSR count). The van der Waals surface area contributed by atoms with E-state index in [2.05, 4.69) is 0 Å². The number of halogens is 2. The fourth-order valence-corrected chi connectivity index (χ4v) is 2.53. The zero-order chi connectivity index (χ0) is 15.8. The van der Waals surface area contributed by atoms with Gasteiger partial charge < -0.3 is 15.2 Å². The van der Waals surface area contributed by atoms with E-state index in [0.29, 0.717) is 41.8 Å². The Hall–Kier alpha value is -0.970. The normalized spacial score (nSPS) is 12.0. The highest BCUT2D eigenvalue weighted by Crippen LogP contribution is 2.34. The number of nitrogens with two attached hydrogens (primary N) is 1. The molecule has 0 saturated heterocycles. The van der Waals surface area contributed by atoms with Crippen LogP contribution in [0.15, 0.2) is 12.1 Å². The van der Waals surface area contributed by atoms with Crippen molar-refractivity contribution in [2.45, 2.75) is 39.2 Å². The summed E-state index contributed by atoms with van der Waals surface area (Å²) in [6, 6.07) is 3.34. The van der Waals surface area contributed by atoms with Crippen LogP contribution in [0, 0.1) is 0 Å². The first-order valence-corrected chi connectivity index (χ1v) is 7.80. The first-order valence-electron chi connectivity index (χ1n) is 7.04. The van der Waals surface area contributed by atoms with Crippen LogP contribution in [0.5, 0.6) is 5.75 Å². The number of ether oxygens (including phenoxy) is 2. The summed E-state index contributed by atoms with van der Waals surface area (Å²) in [5.41, 5.74) is 6.39. The maximum Gasteiger partial charge on any atom is 0.347 e. The Morgan fingerprint density at radius 2 is 2.05 bits per heavy atom. The average Bonchev–Trinajstić information content (AvgIpc) is 2.42. The summed E-state index contributed by atoms with van der Waals surface area (Å²) in [5.74, 6) is 0.0714. The molecule has 118 valence electrons. The Balaban J connectivity index is 3.04. The minimum Gasteiger partial charge on any atom is -0.477 e. The topological polar surface area (TPSA) is 61.5 Å². The molecule has 6 heteroatoms. The average molecular weight is 334 g/mol. The summed E-state index contributed by atoms with van der Waals surface area (Å²) in [6.07, 6.45) is 1.24. The van der Waals surface area contributed by atoms with Crippen molar-refractivity contribution in [3.8, 4) is 5.75 Å². The van der Waals surface area contributed by atoms with E-state index in [1.54, 1.807) is 19.1 Å². The quantitative estimate of drug-likeness (QED) is 0.738. The van der Waals surface area contributed by atoms with Crippen molar-refractivity contribution < 1.29 is 14.3 Å². The van der Waals surface area contributed by atoms with Crippen molar-refractivity contribution in [3.05, 3.63) is 27.7 Å². The molecule has 1 aromatic carbocycles. The lowest BCUT2D eigenvalue weighted by molar-refractivity contribution is -0.151. The molecule has 0 fully saturated rings.